The minimum Gasteiger partial charge on any atom is -0.335 e. The molecule has 2 nitrogen and oxygen atoms in total. The van der Waals surface area contributed by atoms with E-state index in [0.717, 1.165) is 19.4 Å². The van der Waals surface area contributed by atoms with Crippen molar-refractivity contribution in [1.29, 1.82) is 0 Å². The van der Waals surface area contributed by atoms with Gasteiger partial charge in [0.15, 0.2) is 0 Å². The van der Waals surface area contributed by atoms with Gasteiger partial charge in [0.2, 0.25) is 5.91 Å². The van der Waals surface area contributed by atoms with Crippen LogP contribution in [-0.4, -0.2) is 23.4 Å². The van der Waals surface area contributed by atoms with Crippen molar-refractivity contribution in [1.82, 2.24) is 4.90 Å². The van der Waals surface area contributed by atoms with Gasteiger partial charge in [-0.05, 0) is 12.8 Å². The number of hydrogen-bond acceptors (Lipinski definition) is 1. The SMILES string of the molecule is O=C1CC=C[C@H]2CC=CCCN12. The quantitative estimate of drug-likeness (QED) is 0.495. The second kappa shape index (κ2) is 3.13. The van der Waals surface area contributed by atoms with Crippen molar-refractivity contribution < 1.29 is 4.79 Å². The first-order valence-electron chi connectivity index (χ1n) is 4.49. The summed E-state index contributed by atoms with van der Waals surface area (Å²) in [5.41, 5.74) is 0. The van der Waals surface area contributed by atoms with Crippen LogP contribution in [0.5, 0.6) is 0 Å². The lowest BCUT2D eigenvalue weighted by Crippen LogP contribution is -2.40. The van der Waals surface area contributed by atoms with Crippen LogP contribution in [0.25, 0.3) is 0 Å². The van der Waals surface area contributed by atoms with Crippen LogP contribution in [0.4, 0.5) is 0 Å². The number of hydrogen-bond donors (Lipinski definition) is 0. The molecule has 0 radical (unpaired) electrons. The minimum absolute atomic E-state index is 0.284. The van der Waals surface area contributed by atoms with E-state index in [1.165, 1.54) is 0 Å². The first kappa shape index (κ1) is 7.59. The molecule has 0 aromatic heterocycles. The lowest BCUT2D eigenvalue weighted by atomic mass is 10.1. The van der Waals surface area contributed by atoms with Crippen molar-refractivity contribution in [3.05, 3.63) is 24.3 Å². The van der Waals surface area contributed by atoms with Crippen molar-refractivity contribution in [3.8, 4) is 0 Å². The summed E-state index contributed by atoms with van der Waals surface area (Å²) in [6.45, 7) is 0.893. The highest BCUT2D eigenvalue weighted by atomic mass is 16.2. The maximum Gasteiger partial charge on any atom is 0.226 e. The summed E-state index contributed by atoms with van der Waals surface area (Å²) in [6.07, 6.45) is 11.1. The third kappa shape index (κ3) is 1.29. The van der Waals surface area contributed by atoms with Gasteiger partial charge in [0.05, 0.1) is 6.04 Å². The van der Waals surface area contributed by atoms with Crippen molar-refractivity contribution in [2.45, 2.75) is 25.3 Å². The number of carbonyl (C=O) groups excluding carboxylic acids is 1. The van der Waals surface area contributed by atoms with Crippen LogP contribution in [0.2, 0.25) is 0 Å². The van der Waals surface area contributed by atoms with E-state index in [1.807, 2.05) is 11.0 Å². The first-order valence-corrected chi connectivity index (χ1v) is 4.49. The van der Waals surface area contributed by atoms with E-state index in [2.05, 4.69) is 18.2 Å². The van der Waals surface area contributed by atoms with Gasteiger partial charge in [-0.15, -0.1) is 0 Å². The molecule has 1 atom stereocenters. The van der Waals surface area contributed by atoms with Gasteiger partial charge in [-0.2, -0.15) is 0 Å². The van der Waals surface area contributed by atoms with Crippen LogP contribution in [0, 0.1) is 0 Å². The summed E-state index contributed by atoms with van der Waals surface area (Å²) < 4.78 is 0. The van der Waals surface area contributed by atoms with Crippen molar-refractivity contribution in [3.63, 3.8) is 0 Å². The Kier molecular flexibility index (Phi) is 1.98. The molecule has 0 saturated heterocycles. The van der Waals surface area contributed by atoms with Crippen LogP contribution in [0.3, 0.4) is 0 Å². The molecule has 2 rings (SSSR count). The zero-order chi connectivity index (χ0) is 8.39. The Bertz CT molecular complexity index is 242. The number of carbonyl (C=O) groups is 1. The average Bonchev–Trinajstić information content (AvgIpc) is 2.30. The molecule has 0 unspecified atom stereocenters. The molecular weight excluding hydrogens is 150 g/mol. The molecular formula is C10H13NO. The van der Waals surface area contributed by atoms with Crippen molar-refractivity contribution in [2.75, 3.05) is 6.54 Å². The standard InChI is InChI=1S/C10H13NO/c12-10-7-4-6-9-5-2-1-3-8-11(9)10/h1-2,4,6,9H,3,5,7-8H2/t9-/m1/s1. The van der Waals surface area contributed by atoms with E-state index in [0.29, 0.717) is 12.5 Å². The summed E-state index contributed by atoms with van der Waals surface area (Å²) >= 11 is 0. The Morgan fingerprint density at radius 1 is 1.33 bits per heavy atom. The molecule has 2 aliphatic heterocycles. The highest BCUT2D eigenvalue weighted by Gasteiger charge is 2.23. The molecule has 0 spiro atoms. The fourth-order valence-electron chi connectivity index (χ4n) is 1.80. The smallest absolute Gasteiger partial charge is 0.226 e. The fraction of sp³-hybridized carbons (Fsp3) is 0.500. The largest absolute Gasteiger partial charge is 0.335 e. The summed E-state index contributed by atoms with van der Waals surface area (Å²) in [5.74, 6) is 0.284. The van der Waals surface area contributed by atoms with E-state index in [4.69, 9.17) is 0 Å². The Balaban J connectivity index is 2.18. The van der Waals surface area contributed by atoms with Crippen molar-refractivity contribution >= 4 is 5.91 Å². The van der Waals surface area contributed by atoms with Crippen LogP contribution in [0.15, 0.2) is 24.3 Å². The summed E-state index contributed by atoms with van der Waals surface area (Å²) in [7, 11) is 0. The van der Waals surface area contributed by atoms with Crippen LogP contribution in [0.1, 0.15) is 19.3 Å². The van der Waals surface area contributed by atoms with E-state index in [9.17, 15) is 4.79 Å². The predicted octanol–water partition coefficient (Wildman–Crippen LogP) is 1.49. The molecule has 2 heteroatoms. The van der Waals surface area contributed by atoms with Gasteiger partial charge in [-0.3, -0.25) is 4.79 Å². The summed E-state index contributed by atoms with van der Waals surface area (Å²) in [4.78, 5) is 13.4. The average molecular weight is 163 g/mol. The molecule has 0 aromatic carbocycles. The molecule has 0 aliphatic carbocycles. The van der Waals surface area contributed by atoms with Gasteiger partial charge in [-0.1, -0.05) is 24.3 Å². The predicted molar refractivity (Wildman–Crippen MR) is 47.6 cm³/mol. The topological polar surface area (TPSA) is 20.3 Å². The van der Waals surface area contributed by atoms with E-state index in [1.54, 1.807) is 0 Å². The third-order valence-electron chi connectivity index (χ3n) is 2.45. The van der Waals surface area contributed by atoms with Gasteiger partial charge in [0.1, 0.15) is 0 Å². The number of nitrogens with zero attached hydrogens (tertiary/aromatic N) is 1. The normalized spacial score (nSPS) is 28.5. The lowest BCUT2D eigenvalue weighted by molar-refractivity contribution is -0.132. The van der Waals surface area contributed by atoms with Gasteiger partial charge in [0.25, 0.3) is 0 Å². The molecule has 0 aromatic rings. The van der Waals surface area contributed by atoms with E-state index in [-0.39, 0.29) is 5.91 Å². The Labute approximate surface area is 72.6 Å². The Hall–Kier alpha value is -1.05. The molecule has 64 valence electrons. The molecule has 1 amide bonds. The number of rotatable bonds is 0. The zero-order valence-electron chi connectivity index (χ0n) is 7.07. The maximum absolute atomic E-state index is 11.4. The molecule has 0 fully saturated rings. The second-order valence-corrected chi connectivity index (χ2v) is 3.28. The van der Waals surface area contributed by atoms with E-state index < -0.39 is 0 Å². The highest BCUT2D eigenvalue weighted by Crippen LogP contribution is 2.17. The monoisotopic (exact) mass is 163 g/mol. The van der Waals surface area contributed by atoms with Crippen LogP contribution < -0.4 is 0 Å². The second-order valence-electron chi connectivity index (χ2n) is 3.28. The summed E-state index contributed by atoms with van der Waals surface area (Å²) in [6, 6.07) is 0.338. The van der Waals surface area contributed by atoms with Gasteiger partial charge < -0.3 is 4.90 Å². The molecule has 2 heterocycles. The van der Waals surface area contributed by atoms with E-state index >= 15 is 0 Å². The molecule has 0 saturated carbocycles. The third-order valence-corrected chi connectivity index (χ3v) is 2.45. The maximum atomic E-state index is 11.4. The van der Waals surface area contributed by atoms with Gasteiger partial charge >= 0.3 is 0 Å². The highest BCUT2D eigenvalue weighted by molar-refractivity contribution is 5.79. The Morgan fingerprint density at radius 3 is 3.17 bits per heavy atom. The minimum atomic E-state index is 0.284. The van der Waals surface area contributed by atoms with Crippen LogP contribution >= 0.6 is 0 Å². The van der Waals surface area contributed by atoms with Gasteiger partial charge in [0, 0.05) is 13.0 Å². The molecule has 0 bridgehead atoms. The molecule has 0 N–H and O–H groups in total. The van der Waals surface area contributed by atoms with Crippen molar-refractivity contribution in [2.24, 2.45) is 0 Å². The molecule has 2 aliphatic rings. The van der Waals surface area contributed by atoms with Crippen LogP contribution in [-0.2, 0) is 4.79 Å². The van der Waals surface area contributed by atoms with Gasteiger partial charge in [-0.25, -0.2) is 0 Å². The number of amides is 1. The zero-order valence-corrected chi connectivity index (χ0v) is 7.07. The molecule has 12 heavy (non-hydrogen) atoms. The fourth-order valence-corrected chi connectivity index (χ4v) is 1.80. The Morgan fingerprint density at radius 2 is 2.25 bits per heavy atom. The summed E-state index contributed by atoms with van der Waals surface area (Å²) in [5, 5.41) is 0. The lowest BCUT2D eigenvalue weighted by Gasteiger charge is -2.30. The first-order chi connectivity index (χ1) is 5.88. The number of fused-ring (bicyclic) bond motifs is 1.